The Morgan fingerprint density at radius 1 is 0.800 bits per heavy atom. The molecular formula is C18H34O2. The van der Waals surface area contributed by atoms with Gasteiger partial charge in [-0.1, -0.05) is 70.4 Å². The Balaban J connectivity index is 1.72. The maximum Gasteiger partial charge on any atom is 0.107 e. The third-order valence-corrected chi connectivity index (χ3v) is 4.13. The number of rotatable bonds is 14. The van der Waals surface area contributed by atoms with E-state index in [1.165, 1.54) is 64.2 Å². The lowest BCUT2D eigenvalue weighted by Gasteiger charge is -2.00. The highest BCUT2D eigenvalue weighted by Gasteiger charge is 2.36. The zero-order valence-corrected chi connectivity index (χ0v) is 13.4. The SMILES string of the molecule is CCCCCCCCCCC/C=C/CC[C@H]1O[C@@H]1CO. The Labute approximate surface area is 125 Å². The molecule has 1 aliphatic heterocycles. The fourth-order valence-electron chi connectivity index (χ4n) is 2.66. The van der Waals surface area contributed by atoms with E-state index in [-0.39, 0.29) is 12.7 Å². The molecule has 0 aliphatic carbocycles. The molecule has 1 saturated heterocycles. The molecule has 0 unspecified atom stereocenters. The van der Waals surface area contributed by atoms with Crippen molar-refractivity contribution in [2.45, 2.75) is 96.2 Å². The van der Waals surface area contributed by atoms with Crippen LogP contribution in [0.2, 0.25) is 0 Å². The van der Waals surface area contributed by atoms with Crippen LogP contribution in [-0.2, 0) is 4.74 Å². The minimum atomic E-state index is 0.140. The minimum absolute atomic E-state index is 0.140. The molecule has 1 aliphatic rings. The molecule has 20 heavy (non-hydrogen) atoms. The Bertz CT molecular complexity index is 238. The Morgan fingerprint density at radius 3 is 2.00 bits per heavy atom. The lowest BCUT2D eigenvalue weighted by molar-refractivity contribution is 0.241. The van der Waals surface area contributed by atoms with E-state index in [4.69, 9.17) is 9.84 Å². The van der Waals surface area contributed by atoms with E-state index < -0.39 is 0 Å². The molecule has 0 aromatic heterocycles. The summed E-state index contributed by atoms with van der Waals surface area (Å²) < 4.78 is 5.29. The number of hydrogen-bond acceptors (Lipinski definition) is 2. The molecule has 0 amide bonds. The number of aliphatic hydroxyl groups is 1. The van der Waals surface area contributed by atoms with Crippen molar-refractivity contribution in [3.8, 4) is 0 Å². The van der Waals surface area contributed by atoms with E-state index in [1.807, 2.05) is 0 Å². The van der Waals surface area contributed by atoms with Gasteiger partial charge in [0.25, 0.3) is 0 Å². The average molecular weight is 282 g/mol. The lowest BCUT2D eigenvalue weighted by atomic mass is 10.1. The Kier molecular flexibility index (Phi) is 11.0. The zero-order chi connectivity index (χ0) is 14.5. The van der Waals surface area contributed by atoms with Crippen LogP contribution in [0.3, 0.4) is 0 Å². The van der Waals surface area contributed by atoms with E-state index in [2.05, 4.69) is 19.1 Å². The molecule has 0 aromatic carbocycles. The maximum atomic E-state index is 8.84. The molecule has 0 radical (unpaired) electrons. The summed E-state index contributed by atoms with van der Waals surface area (Å²) in [7, 11) is 0. The number of hydrogen-bond donors (Lipinski definition) is 1. The summed E-state index contributed by atoms with van der Waals surface area (Å²) in [6, 6.07) is 0. The molecule has 0 bridgehead atoms. The average Bonchev–Trinajstić information content (AvgIpc) is 3.22. The number of aliphatic hydroxyl groups excluding tert-OH is 1. The predicted octanol–water partition coefficient (Wildman–Crippen LogP) is 5.00. The van der Waals surface area contributed by atoms with E-state index >= 15 is 0 Å². The van der Waals surface area contributed by atoms with Crippen LogP contribution in [0.4, 0.5) is 0 Å². The number of unbranched alkanes of at least 4 members (excludes halogenated alkanes) is 9. The molecular weight excluding hydrogens is 248 g/mol. The third kappa shape index (κ3) is 9.55. The summed E-state index contributed by atoms with van der Waals surface area (Å²) in [5.74, 6) is 0. The van der Waals surface area contributed by atoms with Crippen LogP contribution >= 0.6 is 0 Å². The molecule has 1 N–H and O–H groups in total. The summed E-state index contributed by atoms with van der Waals surface area (Å²) in [4.78, 5) is 0. The monoisotopic (exact) mass is 282 g/mol. The molecule has 2 heteroatoms. The number of epoxide rings is 1. The van der Waals surface area contributed by atoms with Crippen LogP contribution < -0.4 is 0 Å². The van der Waals surface area contributed by atoms with Crippen LogP contribution in [0.1, 0.15) is 84.0 Å². The number of ether oxygens (including phenoxy) is 1. The first kappa shape index (κ1) is 17.7. The molecule has 1 rings (SSSR count). The molecule has 0 saturated carbocycles. The van der Waals surface area contributed by atoms with Gasteiger partial charge in [0.05, 0.1) is 12.7 Å². The standard InChI is InChI=1S/C18H34O2/c1-2-3-4-5-6-7-8-9-10-11-12-13-14-15-17-18(16-19)20-17/h12-13,17-19H,2-11,14-16H2,1H3/b13-12+/t17-,18-/m1/s1. The van der Waals surface area contributed by atoms with Gasteiger partial charge in [0.1, 0.15) is 6.10 Å². The highest BCUT2D eigenvalue weighted by molar-refractivity contribution is 4.89. The Hall–Kier alpha value is -0.340. The van der Waals surface area contributed by atoms with E-state index in [0.717, 1.165) is 12.8 Å². The van der Waals surface area contributed by atoms with Gasteiger partial charge in [-0.3, -0.25) is 0 Å². The summed E-state index contributed by atoms with van der Waals surface area (Å²) in [6.45, 7) is 2.46. The minimum Gasteiger partial charge on any atom is -0.394 e. The molecule has 118 valence electrons. The van der Waals surface area contributed by atoms with Gasteiger partial charge in [0, 0.05) is 0 Å². The highest BCUT2D eigenvalue weighted by atomic mass is 16.6. The van der Waals surface area contributed by atoms with Gasteiger partial charge in [-0.15, -0.1) is 0 Å². The second-order valence-corrected chi connectivity index (χ2v) is 6.06. The molecule has 1 heterocycles. The summed E-state index contributed by atoms with van der Waals surface area (Å²) in [5.41, 5.74) is 0. The van der Waals surface area contributed by atoms with Gasteiger partial charge in [-0.05, 0) is 25.7 Å². The van der Waals surface area contributed by atoms with Crippen molar-refractivity contribution >= 4 is 0 Å². The van der Waals surface area contributed by atoms with E-state index in [9.17, 15) is 0 Å². The molecule has 0 spiro atoms. The molecule has 2 nitrogen and oxygen atoms in total. The second-order valence-electron chi connectivity index (χ2n) is 6.06. The molecule has 1 fully saturated rings. The van der Waals surface area contributed by atoms with Crippen LogP contribution in [0.5, 0.6) is 0 Å². The van der Waals surface area contributed by atoms with Crippen molar-refractivity contribution in [1.82, 2.24) is 0 Å². The van der Waals surface area contributed by atoms with Gasteiger partial charge in [0.15, 0.2) is 0 Å². The van der Waals surface area contributed by atoms with E-state index in [0.29, 0.717) is 6.10 Å². The first-order valence-corrected chi connectivity index (χ1v) is 8.79. The molecule has 0 aromatic rings. The van der Waals surface area contributed by atoms with Crippen molar-refractivity contribution in [2.75, 3.05) is 6.61 Å². The van der Waals surface area contributed by atoms with Crippen molar-refractivity contribution < 1.29 is 9.84 Å². The van der Waals surface area contributed by atoms with Gasteiger partial charge < -0.3 is 9.84 Å². The lowest BCUT2D eigenvalue weighted by Crippen LogP contribution is -1.97. The largest absolute Gasteiger partial charge is 0.394 e. The van der Waals surface area contributed by atoms with Gasteiger partial charge in [-0.25, -0.2) is 0 Å². The van der Waals surface area contributed by atoms with Crippen molar-refractivity contribution in [2.24, 2.45) is 0 Å². The van der Waals surface area contributed by atoms with Gasteiger partial charge in [0.2, 0.25) is 0 Å². The predicted molar refractivity (Wildman–Crippen MR) is 86.0 cm³/mol. The van der Waals surface area contributed by atoms with Crippen molar-refractivity contribution in [1.29, 1.82) is 0 Å². The Morgan fingerprint density at radius 2 is 1.40 bits per heavy atom. The fourth-order valence-corrected chi connectivity index (χ4v) is 2.66. The van der Waals surface area contributed by atoms with Crippen LogP contribution in [-0.4, -0.2) is 23.9 Å². The highest BCUT2D eigenvalue weighted by Crippen LogP contribution is 2.25. The summed E-state index contributed by atoms with van der Waals surface area (Å²) in [5, 5.41) is 8.84. The topological polar surface area (TPSA) is 32.8 Å². The maximum absolute atomic E-state index is 8.84. The second kappa shape index (κ2) is 12.4. The zero-order valence-electron chi connectivity index (χ0n) is 13.4. The smallest absolute Gasteiger partial charge is 0.107 e. The third-order valence-electron chi connectivity index (χ3n) is 4.13. The van der Waals surface area contributed by atoms with Crippen LogP contribution in [0.25, 0.3) is 0 Å². The first-order chi connectivity index (χ1) is 9.88. The van der Waals surface area contributed by atoms with Crippen molar-refractivity contribution in [3.63, 3.8) is 0 Å². The summed E-state index contributed by atoms with van der Waals surface area (Å²) in [6.07, 6.45) is 21.1. The van der Waals surface area contributed by atoms with Crippen LogP contribution in [0.15, 0.2) is 12.2 Å². The van der Waals surface area contributed by atoms with Crippen molar-refractivity contribution in [3.05, 3.63) is 12.2 Å². The summed E-state index contributed by atoms with van der Waals surface area (Å²) >= 11 is 0. The first-order valence-electron chi connectivity index (χ1n) is 8.79. The normalized spacial score (nSPS) is 21.7. The van der Waals surface area contributed by atoms with Crippen LogP contribution in [0, 0.1) is 0 Å². The fraction of sp³-hybridized carbons (Fsp3) is 0.889. The molecule has 2 atom stereocenters. The van der Waals surface area contributed by atoms with Gasteiger partial charge in [-0.2, -0.15) is 0 Å². The van der Waals surface area contributed by atoms with Gasteiger partial charge >= 0.3 is 0 Å². The number of allylic oxidation sites excluding steroid dienone is 2. The van der Waals surface area contributed by atoms with E-state index in [1.54, 1.807) is 0 Å². The quantitative estimate of drug-likeness (QED) is 0.276.